The minimum absolute atomic E-state index is 0.413. The summed E-state index contributed by atoms with van der Waals surface area (Å²) in [5.41, 5.74) is 2.69. The van der Waals surface area contributed by atoms with E-state index in [0.717, 1.165) is 31.3 Å². The van der Waals surface area contributed by atoms with Gasteiger partial charge in [-0.15, -0.1) is 0 Å². The lowest BCUT2D eigenvalue weighted by Crippen LogP contribution is -2.44. The average molecular weight is 243 g/mol. The van der Waals surface area contributed by atoms with E-state index in [9.17, 15) is 0 Å². The van der Waals surface area contributed by atoms with Gasteiger partial charge in [0.2, 0.25) is 5.89 Å². The number of nitrogens with zero attached hydrogens (tertiary/aromatic N) is 3. The molecule has 1 aromatic heterocycles. The molecule has 0 N–H and O–H groups in total. The van der Waals surface area contributed by atoms with Gasteiger partial charge in [0, 0.05) is 19.6 Å². The van der Waals surface area contributed by atoms with Gasteiger partial charge in [0.05, 0.1) is 5.92 Å². The summed E-state index contributed by atoms with van der Waals surface area (Å²) in [7, 11) is 0. The van der Waals surface area contributed by atoms with Crippen LogP contribution in [-0.2, 0) is 6.54 Å². The molecule has 0 spiro atoms. The molecule has 1 aromatic carbocycles. The summed E-state index contributed by atoms with van der Waals surface area (Å²) in [5.74, 6) is 1.92. The summed E-state index contributed by atoms with van der Waals surface area (Å²) in [4.78, 5) is 6.69. The Bertz CT molecular complexity index is 543. The summed E-state index contributed by atoms with van der Waals surface area (Å²) in [6.45, 7) is 7.01. The molecule has 4 heteroatoms. The van der Waals surface area contributed by atoms with Crippen molar-refractivity contribution in [2.45, 2.75) is 26.3 Å². The number of rotatable bonds is 3. The molecule has 0 atom stereocenters. The highest BCUT2D eigenvalue weighted by atomic mass is 16.5. The molecular weight excluding hydrogens is 226 g/mol. The first-order valence-electron chi connectivity index (χ1n) is 6.29. The second kappa shape index (κ2) is 4.53. The lowest BCUT2D eigenvalue weighted by molar-refractivity contribution is 0.117. The summed E-state index contributed by atoms with van der Waals surface area (Å²) in [6.07, 6.45) is 0. The molecule has 0 radical (unpaired) electrons. The molecule has 0 aliphatic carbocycles. The number of hydrogen-bond donors (Lipinski definition) is 0. The molecule has 2 aromatic rings. The predicted octanol–water partition coefficient (Wildman–Crippen LogP) is 2.29. The van der Waals surface area contributed by atoms with Gasteiger partial charge in [-0.05, 0) is 19.4 Å². The molecule has 0 bridgehead atoms. The molecule has 94 valence electrons. The topological polar surface area (TPSA) is 42.2 Å². The van der Waals surface area contributed by atoms with Gasteiger partial charge in [-0.2, -0.15) is 4.98 Å². The van der Waals surface area contributed by atoms with Gasteiger partial charge in [0.25, 0.3) is 0 Å². The highest BCUT2D eigenvalue weighted by Gasteiger charge is 2.32. The third kappa shape index (κ3) is 2.29. The van der Waals surface area contributed by atoms with E-state index in [1.54, 1.807) is 0 Å². The van der Waals surface area contributed by atoms with Gasteiger partial charge in [0.1, 0.15) is 0 Å². The average Bonchev–Trinajstić information content (AvgIpc) is 2.69. The van der Waals surface area contributed by atoms with Gasteiger partial charge >= 0.3 is 0 Å². The molecule has 18 heavy (non-hydrogen) atoms. The largest absolute Gasteiger partial charge is 0.339 e. The maximum absolute atomic E-state index is 5.20. The van der Waals surface area contributed by atoms with Crippen LogP contribution in [0.5, 0.6) is 0 Å². The summed E-state index contributed by atoms with van der Waals surface area (Å²) in [6, 6.07) is 8.66. The highest BCUT2D eigenvalue weighted by molar-refractivity contribution is 5.22. The van der Waals surface area contributed by atoms with Gasteiger partial charge in [0.15, 0.2) is 5.82 Å². The smallest absolute Gasteiger partial charge is 0.232 e. The van der Waals surface area contributed by atoms with Crippen LogP contribution in [0.15, 0.2) is 28.8 Å². The predicted molar refractivity (Wildman–Crippen MR) is 68.2 cm³/mol. The second-order valence-corrected chi connectivity index (χ2v) is 5.06. The minimum atomic E-state index is 0.413. The van der Waals surface area contributed by atoms with E-state index in [0.29, 0.717) is 5.92 Å². The zero-order chi connectivity index (χ0) is 12.5. The number of aromatic nitrogens is 2. The minimum Gasteiger partial charge on any atom is -0.339 e. The fourth-order valence-corrected chi connectivity index (χ4v) is 2.40. The van der Waals surface area contributed by atoms with Crippen LogP contribution in [-0.4, -0.2) is 28.1 Å². The van der Waals surface area contributed by atoms with Gasteiger partial charge in [-0.3, -0.25) is 4.90 Å². The molecule has 1 aliphatic rings. The maximum atomic E-state index is 5.20. The van der Waals surface area contributed by atoms with Crippen LogP contribution >= 0.6 is 0 Å². The van der Waals surface area contributed by atoms with E-state index in [4.69, 9.17) is 4.52 Å². The van der Waals surface area contributed by atoms with Crippen molar-refractivity contribution in [3.8, 4) is 0 Å². The highest BCUT2D eigenvalue weighted by Crippen LogP contribution is 2.27. The lowest BCUT2D eigenvalue weighted by atomic mass is 9.99. The molecule has 0 unspecified atom stereocenters. The lowest BCUT2D eigenvalue weighted by Gasteiger charge is -2.37. The van der Waals surface area contributed by atoms with E-state index in [1.807, 2.05) is 6.92 Å². The van der Waals surface area contributed by atoms with Crippen molar-refractivity contribution in [3.63, 3.8) is 0 Å². The summed E-state index contributed by atoms with van der Waals surface area (Å²) < 4.78 is 5.20. The van der Waals surface area contributed by atoms with Crippen LogP contribution in [0.4, 0.5) is 0 Å². The Morgan fingerprint density at radius 3 is 2.83 bits per heavy atom. The molecule has 3 rings (SSSR count). The summed E-state index contributed by atoms with van der Waals surface area (Å²) >= 11 is 0. The maximum Gasteiger partial charge on any atom is 0.232 e. The standard InChI is InChI=1S/C14H17N3O/c1-10-4-3-5-12(6-10)7-17-8-13(9-17)14-15-11(2)16-18-14/h3-6,13H,7-9H2,1-2H3. The van der Waals surface area contributed by atoms with Crippen LogP contribution in [0.25, 0.3) is 0 Å². The first kappa shape index (κ1) is 11.4. The fourth-order valence-electron chi connectivity index (χ4n) is 2.40. The van der Waals surface area contributed by atoms with Crippen molar-refractivity contribution >= 4 is 0 Å². The molecule has 1 saturated heterocycles. The molecular formula is C14H17N3O. The number of aryl methyl sites for hydroxylation is 2. The Kier molecular flexibility index (Phi) is 2.88. The zero-order valence-corrected chi connectivity index (χ0v) is 10.8. The fraction of sp³-hybridized carbons (Fsp3) is 0.429. The summed E-state index contributed by atoms with van der Waals surface area (Å²) in [5, 5.41) is 3.84. The van der Waals surface area contributed by atoms with E-state index in [2.05, 4.69) is 46.2 Å². The van der Waals surface area contributed by atoms with E-state index >= 15 is 0 Å². The van der Waals surface area contributed by atoms with Crippen LogP contribution in [0.2, 0.25) is 0 Å². The van der Waals surface area contributed by atoms with Crippen molar-refractivity contribution in [1.29, 1.82) is 0 Å². The number of benzene rings is 1. The van der Waals surface area contributed by atoms with Crippen molar-refractivity contribution in [2.24, 2.45) is 0 Å². The Morgan fingerprint density at radius 1 is 1.33 bits per heavy atom. The zero-order valence-electron chi connectivity index (χ0n) is 10.8. The van der Waals surface area contributed by atoms with E-state index in [-0.39, 0.29) is 0 Å². The van der Waals surface area contributed by atoms with Crippen molar-refractivity contribution < 1.29 is 4.52 Å². The van der Waals surface area contributed by atoms with E-state index in [1.165, 1.54) is 11.1 Å². The van der Waals surface area contributed by atoms with Crippen molar-refractivity contribution in [3.05, 3.63) is 47.1 Å². The Hall–Kier alpha value is -1.68. The number of hydrogen-bond acceptors (Lipinski definition) is 4. The quantitative estimate of drug-likeness (QED) is 0.829. The Labute approximate surface area is 107 Å². The van der Waals surface area contributed by atoms with Crippen molar-refractivity contribution in [2.75, 3.05) is 13.1 Å². The first-order valence-corrected chi connectivity index (χ1v) is 6.29. The third-order valence-electron chi connectivity index (χ3n) is 3.34. The van der Waals surface area contributed by atoms with Crippen LogP contribution in [0.3, 0.4) is 0 Å². The van der Waals surface area contributed by atoms with Crippen LogP contribution in [0.1, 0.15) is 28.8 Å². The van der Waals surface area contributed by atoms with Gasteiger partial charge in [-0.1, -0.05) is 35.0 Å². The van der Waals surface area contributed by atoms with Gasteiger partial charge in [-0.25, -0.2) is 0 Å². The second-order valence-electron chi connectivity index (χ2n) is 5.06. The Balaban J connectivity index is 1.56. The Morgan fingerprint density at radius 2 is 2.17 bits per heavy atom. The molecule has 0 amide bonds. The number of likely N-dealkylation sites (tertiary alicyclic amines) is 1. The van der Waals surface area contributed by atoms with Crippen LogP contribution in [0, 0.1) is 13.8 Å². The molecule has 1 fully saturated rings. The molecule has 4 nitrogen and oxygen atoms in total. The van der Waals surface area contributed by atoms with Gasteiger partial charge < -0.3 is 4.52 Å². The normalized spacial score (nSPS) is 16.8. The molecule has 0 saturated carbocycles. The van der Waals surface area contributed by atoms with E-state index < -0.39 is 0 Å². The SMILES string of the molecule is Cc1cccc(CN2CC(c3nc(C)no3)C2)c1. The molecule has 1 aliphatic heterocycles. The van der Waals surface area contributed by atoms with Crippen LogP contribution < -0.4 is 0 Å². The van der Waals surface area contributed by atoms with Crippen molar-refractivity contribution in [1.82, 2.24) is 15.0 Å². The first-order chi connectivity index (χ1) is 8.70. The monoisotopic (exact) mass is 243 g/mol. The molecule has 2 heterocycles. The third-order valence-corrected chi connectivity index (χ3v) is 3.34.